The van der Waals surface area contributed by atoms with E-state index in [1.54, 1.807) is 0 Å². The van der Waals surface area contributed by atoms with E-state index < -0.39 is 6.04 Å². The van der Waals surface area contributed by atoms with Gasteiger partial charge in [-0.2, -0.15) is 0 Å². The topological polar surface area (TPSA) is 101 Å². The molecule has 0 unspecified atom stereocenters. The van der Waals surface area contributed by atoms with Gasteiger partial charge in [-0.05, 0) is 69.7 Å². The minimum Gasteiger partial charge on any atom is -0.465 e. The molecule has 0 aliphatic heterocycles. The van der Waals surface area contributed by atoms with Crippen molar-refractivity contribution in [3.05, 3.63) is 34.7 Å². The Labute approximate surface area is 283 Å². The molecular formula is C39H71N3O4. The summed E-state index contributed by atoms with van der Waals surface area (Å²) in [6.45, 7) is 4.39. The third-order valence-electron chi connectivity index (χ3n) is 8.37. The molecule has 0 spiro atoms. The highest BCUT2D eigenvalue weighted by molar-refractivity contribution is 5.69. The summed E-state index contributed by atoms with van der Waals surface area (Å²) in [5.74, 6) is -0.592. The summed E-state index contributed by atoms with van der Waals surface area (Å²) in [5.41, 5.74) is 8.84. The number of esters is 2. The van der Waals surface area contributed by atoms with Crippen molar-refractivity contribution in [3.8, 4) is 0 Å². The SMILES string of the molecule is CCCCCCCC/C=C\CCCCCCCC(=O)OCC(COC(=O)CCCCCCC/C=C\CCCCCCCC)N=[N+]=[N-]. The second kappa shape index (κ2) is 37.2. The van der Waals surface area contributed by atoms with E-state index in [0.29, 0.717) is 12.8 Å². The lowest BCUT2D eigenvalue weighted by Gasteiger charge is -2.12. The minimum absolute atomic E-state index is 0.0609. The maximum absolute atomic E-state index is 12.1. The van der Waals surface area contributed by atoms with Gasteiger partial charge < -0.3 is 9.47 Å². The van der Waals surface area contributed by atoms with Gasteiger partial charge in [0.2, 0.25) is 0 Å². The average Bonchev–Trinajstić information content (AvgIpc) is 3.06. The molecule has 0 aromatic heterocycles. The van der Waals surface area contributed by atoms with E-state index in [4.69, 9.17) is 15.0 Å². The van der Waals surface area contributed by atoms with Crippen LogP contribution < -0.4 is 0 Å². The Balaban J connectivity index is 3.68. The summed E-state index contributed by atoms with van der Waals surface area (Å²) in [7, 11) is 0. The molecule has 0 rings (SSSR count). The van der Waals surface area contributed by atoms with Crippen molar-refractivity contribution in [2.75, 3.05) is 13.2 Å². The number of hydrogen-bond acceptors (Lipinski definition) is 5. The fraction of sp³-hybridized carbons (Fsp3) is 0.846. The highest BCUT2D eigenvalue weighted by atomic mass is 16.5. The zero-order chi connectivity index (χ0) is 33.6. The highest BCUT2D eigenvalue weighted by Crippen LogP contribution is 2.12. The van der Waals surface area contributed by atoms with Crippen LogP contribution in [0.5, 0.6) is 0 Å². The zero-order valence-corrected chi connectivity index (χ0v) is 30.1. The Kier molecular flexibility index (Phi) is 35.4. The zero-order valence-electron chi connectivity index (χ0n) is 30.1. The number of nitrogens with zero attached hydrogens (tertiary/aromatic N) is 3. The Morgan fingerprint density at radius 1 is 0.522 bits per heavy atom. The third-order valence-corrected chi connectivity index (χ3v) is 8.37. The molecule has 7 heteroatoms. The molecule has 0 aliphatic rings. The van der Waals surface area contributed by atoms with Crippen molar-refractivity contribution in [1.29, 1.82) is 0 Å². The maximum atomic E-state index is 12.1. The van der Waals surface area contributed by atoms with Gasteiger partial charge in [0.1, 0.15) is 19.3 Å². The number of rotatable bonds is 35. The first-order valence-corrected chi connectivity index (χ1v) is 19.3. The lowest BCUT2D eigenvalue weighted by molar-refractivity contribution is -0.147. The number of allylic oxidation sites excluding steroid dienone is 4. The van der Waals surface area contributed by atoms with Gasteiger partial charge in [0.15, 0.2) is 0 Å². The Bertz CT molecular complexity index is 736. The summed E-state index contributed by atoms with van der Waals surface area (Å²) in [4.78, 5) is 27.0. The van der Waals surface area contributed by atoms with Gasteiger partial charge in [-0.3, -0.25) is 9.59 Å². The molecule has 0 bridgehead atoms. The summed E-state index contributed by atoms with van der Waals surface area (Å²) >= 11 is 0. The van der Waals surface area contributed by atoms with Gasteiger partial charge in [-0.1, -0.05) is 146 Å². The first-order valence-electron chi connectivity index (χ1n) is 19.3. The van der Waals surface area contributed by atoms with Crippen LogP contribution in [0.2, 0.25) is 0 Å². The number of unbranched alkanes of at least 4 members (excludes halogenated alkanes) is 22. The molecule has 46 heavy (non-hydrogen) atoms. The molecule has 0 amide bonds. The van der Waals surface area contributed by atoms with E-state index in [1.807, 2.05) is 0 Å². The summed E-state index contributed by atoms with van der Waals surface area (Å²) < 4.78 is 10.6. The minimum atomic E-state index is -0.693. The molecule has 266 valence electrons. The third kappa shape index (κ3) is 34.6. The Morgan fingerprint density at radius 3 is 1.15 bits per heavy atom. The summed E-state index contributed by atoms with van der Waals surface area (Å²) in [6.07, 6.45) is 41.5. The van der Waals surface area contributed by atoms with Crippen LogP contribution in [0.25, 0.3) is 10.4 Å². The van der Waals surface area contributed by atoms with Crippen LogP contribution in [-0.4, -0.2) is 31.2 Å². The molecule has 7 nitrogen and oxygen atoms in total. The highest BCUT2D eigenvalue weighted by Gasteiger charge is 2.13. The van der Waals surface area contributed by atoms with Crippen LogP contribution in [0.3, 0.4) is 0 Å². The van der Waals surface area contributed by atoms with Gasteiger partial charge in [0.25, 0.3) is 0 Å². The van der Waals surface area contributed by atoms with Crippen molar-refractivity contribution in [1.82, 2.24) is 0 Å². The molecule has 0 fully saturated rings. The van der Waals surface area contributed by atoms with E-state index in [0.717, 1.165) is 51.4 Å². The number of ether oxygens (including phenoxy) is 2. The first kappa shape index (κ1) is 43.7. The molecule has 0 aromatic carbocycles. The van der Waals surface area contributed by atoms with E-state index in [2.05, 4.69) is 48.2 Å². The van der Waals surface area contributed by atoms with Crippen LogP contribution in [0.4, 0.5) is 0 Å². The smallest absolute Gasteiger partial charge is 0.305 e. The molecule has 0 radical (unpaired) electrons. The fourth-order valence-corrected chi connectivity index (χ4v) is 5.39. The van der Waals surface area contributed by atoms with Crippen molar-refractivity contribution >= 4 is 11.9 Å². The Hall–Kier alpha value is -2.27. The molecule has 0 saturated carbocycles. The van der Waals surface area contributed by atoms with Crippen LogP contribution in [-0.2, 0) is 19.1 Å². The van der Waals surface area contributed by atoms with Gasteiger partial charge in [0, 0.05) is 17.8 Å². The van der Waals surface area contributed by atoms with Crippen molar-refractivity contribution in [2.24, 2.45) is 5.11 Å². The average molecular weight is 646 g/mol. The number of carbonyl (C=O) groups is 2. The van der Waals surface area contributed by atoms with Gasteiger partial charge in [-0.25, -0.2) is 0 Å². The molecule has 0 aliphatic carbocycles. The largest absolute Gasteiger partial charge is 0.465 e. The second-order valence-electron chi connectivity index (χ2n) is 12.9. The maximum Gasteiger partial charge on any atom is 0.305 e. The molecule has 0 saturated heterocycles. The van der Waals surface area contributed by atoms with Crippen LogP contribution in [0, 0.1) is 0 Å². The Morgan fingerprint density at radius 2 is 0.826 bits per heavy atom. The lowest BCUT2D eigenvalue weighted by atomic mass is 10.1. The first-order chi connectivity index (χ1) is 22.6. The predicted molar refractivity (Wildman–Crippen MR) is 194 cm³/mol. The normalized spacial score (nSPS) is 11.5. The fourth-order valence-electron chi connectivity index (χ4n) is 5.39. The van der Waals surface area contributed by atoms with E-state index in [-0.39, 0.29) is 25.2 Å². The molecule has 0 N–H and O–H groups in total. The van der Waals surface area contributed by atoms with Crippen LogP contribution >= 0.6 is 0 Å². The second-order valence-corrected chi connectivity index (χ2v) is 12.9. The van der Waals surface area contributed by atoms with E-state index >= 15 is 0 Å². The quantitative estimate of drug-likeness (QED) is 0.0171. The monoisotopic (exact) mass is 646 g/mol. The molecule has 0 aromatic rings. The number of carbonyl (C=O) groups excluding carboxylic acids is 2. The van der Waals surface area contributed by atoms with Crippen LogP contribution in [0.1, 0.15) is 194 Å². The van der Waals surface area contributed by atoms with Crippen LogP contribution in [0.15, 0.2) is 29.4 Å². The summed E-state index contributed by atoms with van der Waals surface area (Å²) in [6, 6.07) is -0.693. The predicted octanol–water partition coefficient (Wildman–Crippen LogP) is 12.8. The standard InChI is InChI=1S/C39H71N3O4/c1-3-5-7-9-11-13-15-17-19-21-23-25-27-29-31-33-38(43)45-35-37(41-42-40)36-46-39(44)34-32-30-28-26-24-22-20-18-16-14-12-10-8-6-4-2/h17-20,37H,3-16,21-36H2,1-2H3/b19-17-,20-18-. The molecular weight excluding hydrogens is 574 g/mol. The van der Waals surface area contributed by atoms with E-state index in [1.165, 1.54) is 116 Å². The van der Waals surface area contributed by atoms with Crippen molar-refractivity contribution in [2.45, 2.75) is 200 Å². The van der Waals surface area contributed by atoms with E-state index in [9.17, 15) is 9.59 Å². The molecule has 0 heterocycles. The molecule has 0 atom stereocenters. The van der Waals surface area contributed by atoms with Crippen molar-refractivity contribution in [3.63, 3.8) is 0 Å². The van der Waals surface area contributed by atoms with Gasteiger partial charge in [0.05, 0.1) is 0 Å². The van der Waals surface area contributed by atoms with Gasteiger partial charge >= 0.3 is 11.9 Å². The number of azide groups is 1. The lowest BCUT2D eigenvalue weighted by Crippen LogP contribution is -2.23. The van der Waals surface area contributed by atoms with Gasteiger partial charge in [-0.15, -0.1) is 0 Å². The summed E-state index contributed by atoms with van der Waals surface area (Å²) in [5, 5.41) is 3.64. The van der Waals surface area contributed by atoms with Crippen molar-refractivity contribution < 1.29 is 19.1 Å². The number of hydrogen-bond donors (Lipinski definition) is 0.